The predicted molar refractivity (Wildman–Crippen MR) is 88.4 cm³/mol. The second-order valence-electron chi connectivity index (χ2n) is 4.96. The van der Waals surface area contributed by atoms with Crippen LogP contribution in [0.3, 0.4) is 0 Å². The molecule has 0 atom stereocenters. The summed E-state index contributed by atoms with van der Waals surface area (Å²) in [6.07, 6.45) is -1.02. The summed E-state index contributed by atoms with van der Waals surface area (Å²) < 4.78 is 5.99. The highest BCUT2D eigenvalue weighted by Crippen LogP contribution is 2.39. The monoisotopic (exact) mass is 398 g/mol. The molecule has 1 amide bonds. The number of rotatable bonds is 2. The van der Waals surface area contributed by atoms with Gasteiger partial charge in [-0.1, -0.05) is 11.6 Å². The summed E-state index contributed by atoms with van der Waals surface area (Å²) in [5, 5.41) is 9.63. The van der Waals surface area contributed by atoms with Crippen molar-refractivity contribution in [1.29, 1.82) is 0 Å². The van der Waals surface area contributed by atoms with Crippen molar-refractivity contribution in [2.45, 2.75) is 13.1 Å². The number of nitrogens with zero attached hydrogens (tertiary/aromatic N) is 3. The summed E-state index contributed by atoms with van der Waals surface area (Å²) in [6, 6.07) is 3.43. The highest BCUT2D eigenvalue weighted by atomic mass is 79.9. The van der Waals surface area contributed by atoms with Crippen LogP contribution in [0.2, 0.25) is 5.02 Å². The molecule has 1 aromatic heterocycles. The first kappa shape index (κ1) is 15.8. The largest absolute Gasteiger partial charge is 0.496 e. The lowest BCUT2D eigenvalue weighted by Gasteiger charge is -2.12. The summed E-state index contributed by atoms with van der Waals surface area (Å²) in [5.74, 6) is 0.660. The molecule has 1 aromatic carbocycles. The topological polar surface area (TPSA) is 102 Å². The highest BCUT2D eigenvalue weighted by Gasteiger charge is 2.29. The molecule has 0 unspecified atom stereocenters. The number of nitrogens with two attached hydrogens (primary N) is 1. The second kappa shape index (κ2) is 5.86. The van der Waals surface area contributed by atoms with E-state index < -0.39 is 6.09 Å². The van der Waals surface area contributed by atoms with Gasteiger partial charge in [-0.25, -0.2) is 14.8 Å². The van der Waals surface area contributed by atoms with Gasteiger partial charge in [0.1, 0.15) is 5.75 Å². The fourth-order valence-electron chi connectivity index (χ4n) is 2.50. The molecule has 120 valence electrons. The first-order valence-corrected chi connectivity index (χ1v) is 7.74. The average Bonchev–Trinajstić information content (AvgIpc) is 2.91. The molecule has 0 saturated carbocycles. The third-order valence-electron chi connectivity index (χ3n) is 3.57. The molecule has 0 saturated heterocycles. The quantitative estimate of drug-likeness (QED) is 0.804. The molecule has 3 rings (SSSR count). The highest BCUT2D eigenvalue weighted by molar-refractivity contribution is 9.10. The zero-order chi connectivity index (χ0) is 16.7. The van der Waals surface area contributed by atoms with Crippen molar-refractivity contribution < 1.29 is 14.6 Å². The third-order valence-corrected chi connectivity index (χ3v) is 4.50. The summed E-state index contributed by atoms with van der Waals surface area (Å²) >= 11 is 9.70. The molecule has 2 aromatic rings. The maximum atomic E-state index is 11.2. The van der Waals surface area contributed by atoms with Crippen LogP contribution in [-0.4, -0.2) is 33.2 Å². The molecular formula is C14H12BrClN4O3. The minimum absolute atomic E-state index is 0.0731. The van der Waals surface area contributed by atoms with Gasteiger partial charge < -0.3 is 15.6 Å². The van der Waals surface area contributed by atoms with Gasteiger partial charge in [0.2, 0.25) is 5.95 Å². The normalized spacial score (nSPS) is 13.1. The van der Waals surface area contributed by atoms with Crippen molar-refractivity contribution in [2.24, 2.45) is 0 Å². The van der Waals surface area contributed by atoms with Crippen molar-refractivity contribution in [3.63, 3.8) is 0 Å². The Kier molecular flexibility index (Phi) is 4.03. The van der Waals surface area contributed by atoms with Crippen molar-refractivity contribution in [2.75, 3.05) is 12.8 Å². The van der Waals surface area contributed by atoms with Crippen molar-refractivity contribution in [3.8, 4) is 17.0 Å². The number of halogens is 2. The Morgan fingerprint density at radius 2 is 2.17 bits per heavy atom. The summed E-state index contributed by atoms with van der Waals surface area (Å²) in [7, 11) is 1.54. The van der Waals surface area contributed by atoms with E-state index in [1.54, 1.807) is 19.2 Å². The molecule has 23 heavy (non-hydrogen) atoms. The third kappa shape index (κ3) is 2.79. The van der Waals surface area contributed by atoms with Gasteiger partial charge >= 0.3 is 6.09 Å². The van der Waals surface area contributed by atoms with Crippen LogP contribution in [0.4, 0.5) is 10.7 Å². The van der Waals surface area contributed by atoms with Gasteiger partial charge in [0.05, 0.1) is 41.1 Å². The van der Waals surface area contributed by atoms with Gasteiger partial charge in [-0.05, 0) is 28.1 Å². The minimum atomic E-state index is -1.02. The number of ether oxygens (including phenoxy) is 1. The summed E-state index contributed by atoms with van der Waals surface area (Å²) in [5.41, 5.74) is 8.20. The summed E-state index contributed by atoms with van der Waals surface area (Å²) in [6.45, 7) is 0.366. The number of carboxylic acid groups (broad SMARTS) is 1. The number of benzene rings is 1. The lowest BCUT2D eigenvalue weighted by molar-refractivity contribution is 0.145. The number of anilines is 1. The van der Waals surface area contributed by atoms with Gasteiger partial charge in [0.15, 0.2) is 0 Å². The molecular weight excluding hydrogens is 388 g/mol. The average molecular weight is 400 g/mol. The van der Waals surface area contributed by atoms with Crippen LogP contribution in [0.5, 0.6) is 5.75 Å². The van der Waals surface area contributed by atoms with E-state index in [1.807, 2.05) is 0 Å². The zero-order valence-corrected chi connectivity index (χ0v) is 14.3. The smallest absolute Gasteiger partial charge is 0.407 e. The molecule has 0 spiro atoms. The molecule has 1 aliphatic heterocycles. The molecule has 2 heterocycles. The molecule has 3 N–H and O–H groups in total. The van der Waals surface area contributed by atoms with Gasteiger partial charge in [-0.3, -0.25) is 4.90 Å². The van der Waals surface area contributed by atoms with Crippen LogP contribution in [0, 0.1) is 0 Å². The van der Waals surface area contributed by atoms with E-state index in [9.17, 15) is 9.90 Å². The van der Waals surface area contributed by atoms with Gasteiger partial charge in [0, 0.05) is 11.1 Å². The molecule has 9 heteroatoms. The van der Waals surface area contributed by atoms with Crippen LogP contribution in [-0.2, 0) is 13.1 Å². The van der Waals surface area contributed by atoms with E-state index in [4.69, 9.17) is 22.1 Å². The SMILES string of the molecule is COc1cc(-c2nc(N)nc3c2CN(C(=O)O)C3)c(Cl)cc1Br. The van der Waals surface area contributed by atoms with Gasteiger partial charge in [-0.2, -0.15) is 0 Å². The van der Waals surface area contributed by atoms with Crippen molar-refractivity contribution >= 4 is 39.6 Å². The lowest BCUT2D eigenvalue weighted by atomic mass is 10.1. The number of carbonyl (C=O) groups is 1. The fraction of sp³-hybridized carbons (Fsp3) is 0.214. The number of nitrogen functional groups attached to an aromatic ring is 1. The first-order valence-electron chi connectivity index (χ1n) is 6.57. The van der Waals surface area contributed by atoms with E-state index in [-0.39, 0.29) is 19.0 Å². The number of hydrogen-bond donors (Lipinski definition) is 2. The number of aromatic nitrogens is 2. The van der Waals surface area contributed by atoms with Crippen LogP contribution in [0.1, 0.15) is 11.3 Å². The van der Waals surface area contributed by atoms with Crippen molar-refractivity contribution in [1.82, 2.24) is 14.9 Å². The van der Waals surface area contributed by atoms with E-state index >= 15 is 0 Å². The molecule has 0 bridgehead atoms. The predicted octanol–water partition coefficient (Wildman–Crippen LogP) is 3.14. The molecule has 1 aliphatic rings. The Morgan fingerprint density at radius 1 is 1.43 bits per heavy atom. The number of fused-ring (bicyclic) bond motifs is 1. The molecule has 0 radical (unpaired) electrons. The van der Waals surface area contributed by atoms with Crippen molar-refractivity contribution in [3.05, 3.63) is 32.9 Å². The first-order chi connectivity index (χ1) is 10.9. The van der Waals surface area contributed by atoms with Crippen LogP contribution in [0.15, 0.2) is 16.6 Å². The Morgan fingerprint density at radius 3 is 2.83 bits per heavy atom. The van der Waals surface area contributed by atoms with E-state index in [0.29, 0.717) is 37.8 Å². The fourth-order valence-corrected chi connectivity index (χ4v) is 3.39. The van der Waals surface area contributed by atoms with E-state index in [1.165, 1.54) is 4.90 Å². The number of methoxy groups -OCH3 is 1. The van der Waals surface area contributed by atoms with E-state index in [0.717, 1.165) is 0 Å². The minimum Gasteiger partial charge on any atom is -0.496 e. The Balaban J connectivity index is 2.18. The van der Waals surface area contributed by atoms with E-state index in [2.05, 4.69) is 25.9 Å². The number of hydrogen-bond acceptors (Lipinski definition) is 5. The second-order valence-corrected chi connectivity index (χ2v) is 6.22. The van der Waals surface area contributed by atoms with Crippen LogP contribution < -0.4 is 10.5 Å². The Hall–Kier alpha value is -2.06. The maximum Gasteiger partial charge on any atom is 0.407 e. The number of amides is 1. The maximum absolute atomic E-state index is 11.2. The van der Waals surface area contributed by atoms with Crippen LogP contribution >= 0.6 is 27.5 Å². The lowest BCUT2D eigenvalue weighted by Crippen LogP contribution is -2.22. The zero-order valence-electron chi connectivity index (χ0n) is 12.0. The van der Waals surface area contributed by atoms with Crippen LogP contribution in [0.25, 0.3) is 11.3 Å². The molecule has 0 aliphatic carbocycles. The Bertz CT molecular complexity index is 815. The standard InChI is InChI=1S/C14H12BrClN4O3/c1-23-11-2-6(9(16)3-8(11)15)12-7-4-20(14(21)22)5-10(7)18-13(17)19-12/h2-3H,4-5H2,1H3,(H,21,22)(H2,17,18,19). The van der Waals surface area contributed by atoms with Gasteiger partial charge in [-0.15, -0.1) is 0 Å². The summed E-state index contributed by atoms with van der Waals surface area (Å²) in [4.78, 5) is 20.9. The molecule has 7 nitrogen and oxygen atoms in total. The van der Waals surface area contributed by atoms with Gasteiger partial charge in [0.25, 0.3) is 0 Å². The Labute approximate surface area is 145 Å². The molecule has 0 fully saturated rings.